The van der Waals surface area contributed by atoms with Gasteiger partial charge in [0.25, 0.3) is 0 Å². The third kappa shape index (κ3) is 2.40. The maximum absolute atomic E-state index is 6.08. The summed E-state index contributed by atoms with van der Waals surface area (Å²) in [5.74, 6) is 0.831. The Labute approximate surface area is 104 Å². The molecule has 92 valence electrons. The summed E-state index contributed by atoms with van der Waals surface area (Å²) in [5.41, 5.74) is 1.71. The summed E-state index contributed by atoms with van der Waals surface area (Å²) in [6, 6.07) is 10.8. The van der Waals surface area contributed by atoms with Gasteiger partial charge in [-0.3, -0.25) is 0 Å². The molecule has 0 radical (unpaired) electrons. The van der Waals surface area contributed by atoms with Crippen LogP contribution in [0.1, 0.15) is 44.6 Å². The van der Waals surface area contributed by atoms with Crippen LogP contribution in [0.4, 0.5) is 0 Å². The lowest BCUT2D eigenvalue weighted by Gasteiger charge is -2.22. The van der Waals surface area contributed by atoms with E-state index >= 15 is 0 Å². The zero-order chi connectivity index (χ0) is 11.7. The molecule has 2 aliphatic heterocycles. The molecule has 0 saturated carbocycles. The number of fused-ring (bicyclic) bond motifs is 2. The molecule has 1 aromatic rings. The average Bonchev–Trinajstić information content (AvgIpc) is 2.86. The Balaban J connectivity index is 1.47. The van der Waals surface area contributed by atoms with Crippen molar-refractivity contribution < 1.29 is 4.74 Å². The molecule has 2 saturated heterocycles. The predicted molar refractivity (Wildman–Crippen MR) is 70.0 cm³/mol. The lowest BCUT2D eigenvalue weighted by Crippen LogP contribution is -2.22. The highest BCUT2D eigenvalue weighted by molar-refractivity contribution is 5.14. The van der Waals surface area contributed by atoms with Crippen molar-refractivity contribution in [3.05, 3.63) is 35.9 Å². The molecule has 3 rings (SSSR count). The van der Waals surface area contributed by atoms with Crippen molar-refractivity contribution in [3.63, 3.8) is 0 Å². The zero-order valence-corrected chi connectivity index (χ0v) is 10.7. The molecule has 2 bridgehead atoms. The fraction of sp³-hybridized carbons (Fsp3) is 0.625. The molecule has 3 atom stereocenters. The van der Waals surface area contributed by atoms with Gasteiger partial charge in [0.2, 0.25) is 0 Å². The first-order valence-corrected chi connectivity index (χ1v) is 6.97. The highest BCUT2D eigenvalue weighted by atomic mass is 16.5. The summed E-state index contributed by atoms with van der Waals surface area (Å²) in [6.45, 7) is 2.30. The van der Waals surface area contributed by atoms with E-state index in [0.717, 1.165) is 5.92 Å². The van der Waals surface area contributed by atoms with Crippen LogP contribution >= 0.6 is 0 Å². The van der Waals surface area contributed by atoms with Crippen molar-refractivity contribution in [3.8, 4) is 0 Å². The second-order valence-electron chi connectivity index (χ2n) is 5.99. The molecule has 0 spiro atoms. The number of ether oxygens (including phenoxy) is 1. The van der Waals surface area contributed by atoms with Crippen LogP contribution in [0.5, 0.6) is 0 Å². The number of hydrogen-bond acceptors (Lipinski definition) is 1. The third-order valence-electron chi connectivity index (χ3n) is 4.50. The van der Waals surface area contributed by atoms with E-state index in [1.54, 1.807) is 0 Å². The molecular formula is C16H22O. The van der Waals surface area contributed by atoms with Crippen LogP contribution in [0, 0.1) is 5.92 Å². The van der Waals surface area contributed by atoms with Crippen molar-refractivity contribution in [2.45, 2.75) is 57.2 Å². The molecule has 0 N–H and O–H groups in total. The first-order chi connectivity index (χ1) is 8.25. The maximum Gasteiger partial charge on any atom is 0.0663 e. The molecule has 2 aliphatic rings. The Morgan fingerprint density at radius 1 is 1.29 bits per heavy atom. The second-order valence-corrected chi connectivity index (χ2v) is 5.99. The van der Waals surface area contributed by atoms with Gasteiger partial charge >= 0.3 is 0 Å². The van der Waals surface area contributed by atoms with Crippen molar-refractivity contribution in [2.75, 3.05) is 0 Å². The average molecular weight is 230 g/mol. The lowest BCUT2D eigenvalue weighted by atomic mass is 9.80. The molecule has 0 aromatic heterocycles. The summed E-state index contributed by atoms with van der Waals surface area (Å²) in [4.78, 5) is 0. The summed E-state index contributed by atoms with van der Waals surface area (Å²) in [6.07, 6.45) is 8.34. The minimum absolute atomic E-state index is 0.238. The standard InChI is InChI=1S/C16H22O/c1-16-11-10-15(17-16)14(12-16)9-5-8-13-6-3-2-4-7-13/h2-4,6-7,14-15H,5,8-12H2,1H3/t14?,15-,16+/m1/s1. The minimum atomic E-state index is 0.238. The van der Waals surface area contributed by atoms with Gasteiger partial charge in [0, 0.05) is 0 Å². The lowest BCUT2D eigenvalue weighted by molar-refractivity contribution is 0.0240. The summed E-state index contributed by atoms with van der Waals surface area (Å²) < 4.78 is 6.08. The molecule has 2 heterocycles. The van der Waals surface area contributed by atoms with Gasteiger partial charge in [-0.1, -0.05) is 30.3 Å². The molecule has 2 fully saturated rings. The molecule has 1 aromatic carbocycles. The van der Waals surface area contributed by atoms with Gasteiger partial charge < -0.3 is 4.74 Å². The van der Waals surface area contributed by atoms with Crippen LogP contribution in [-0.2, 0) is 11.2 Å². The minimum Gasteiger partial charge on any atom is -0.372 e. The topological polar surface area (TPSA) is 9.23 Å². The molecule has 1 unspecified atom stereocenters. The first-order valence-electron chi connectivity index (χ1n) is 6.97. The van der Waals surface area contributed by atoms with Gasteiger partial charge in [0.05, 0.1) is 11.7 Å². The Hall–Kier alpha value is -0.820. The van der Waals surface area contributed by atoms with Crippen LogP contribution in [-0.4, -0.2) is 11.7 Å². The van der Waals surface area contributed by atoms with Gasteiger partial charge in [-0.15, -0.1) is 0 Å². The predicted octanol–water partition coefficient (Wildman–Crippen LogP) is 3.97. The molecule has 17 heavy (non-hydrogen) atoms. The third-order valence-corrected chi connectivity index (χ3v) is 4.50. The Morgan fingerprint density at radius 3 is 2.76 bits per heavy atom. The van der Waals surface area contributed by atoms with E-state index in [-0.39, 0.29) is 5.60 Å². The highest BCUT2D eigenvalue weighted by Crippen LogP contribution is 2.48. The van der Waals surface area contributed by atoms with E-state index in [1.807, 2.05) is 0 Å². The van der Waals surface area contributed by atoms with Crippen molar-refractivity contribution in [1.82, 2.24) is 0 Å². The van der Waals surface area contributed by atoms with Crippen molar-refractivity contribution >= 4 is 0 Å². The Bertz CT molecular complexity index is 372. The van der Waals surface area contributed by atoms with Crippen LogP contribution in [0.3, 0.4) is 0 Å². The monoisotopic (exact) mass is 230 g/mol. The largest absolute Gasteiger partial charge is 0.372 e. The van der Waals surface area contributed by atoms with Gasteiger partial charge in [-0.2, -0.15) is 0 Å². The fourth-order valence-electron chi connectivity index (χ4n) is 3.60. The SMILES string of the molecule is C[C@@]12CC[C@@H](O1)C(CCCc1ccccc1)C2. The smallest absolute Gasteiger partial charge is 0.0663 e. The number of aryl methyl sites for hydroxylation is 1. The summed E-state index contributed by atoms with van der Waals surface area (Å²) in [5, 5.41) is 0. The van der Waals surface area contributed by atoms with E-state index in [2.05, 4.69) is 37.3 Å². The van der Waals surface area contributed by atoms with Crippen LogP contribution in [0.2, 0.25) is 0 Å². The van der Waals surface area contributed by atoms with E-state index in [1.165, 1.54) is 44.1 Å². The van der Waals surface area contributed by atoms with Crippen LogP contribution < -0.4 is 0 Å². The highest BCUT2D eigenvalue weighted by Gasteiger charge is 2.48. The molecule has 1 heteroatoms. The molecule has 0 aliphatic carbocycles. The molecular weight excluding hydrogens is 208 g/mol. The fourth-order valence-corrected chi connectivity index (χ4v) is 3.60. The number of benzene rings is 1. The Morgan fingerprint density at radius 2 is 2.12 bits per heavy atom. The molecule has 1 nitrogen and oxygen atoms in total. The zero-order valence-electron chi connectivity index (χ0n) is 10.7. The summed E-state index contributed by atoms with van der Waals surface area (Å²) in [7, 11) is 0. The van der Waals surface area contributed by atoms with Gasteiger partial charge in [-0.05, 0) is 56.9 Å². The van der Waals surface area contributed by atoms with Gasteiger partial charge in [0.15, 0.2) is 0 Å². The van der Waals surface area contributed by atoms with Gasteiger partial charge in [0.1, 0.15) is 0 Å². The van der Waals surface area contributed by atoms with Gasteiger partial charge in [-0.25, -0.2) is 0 Å². The van der Waals surface area contributed by atoms with E-state index in [0.29, 0.717) is 6.10 Å². The molecule has 0 amide bonds. The first kappa shape index (κ1) is 11.3. The normalized spacial score (nSPS) is 35.4. The maximum atomic E-state index is 6.08. The van der Waals surface area contributed by atoms with Crippen molar-refractivity contribution in [2.24, 2.45) is 5.92 Å². The number of rotatable bonds is 4. The van der Waals surface area contributed by atoms with E-state index in [4.69, 9.17) is 4.74 Å². The Kier molecular flexibility index (Phi) is 2.96. The van der Waals surface area contributed by atoms with Crippen molar-refractivity contribution in [1.29, 1.82) is 0 Å². The van der Waals surface area contributed by atoms with E-state index < -0.39 is 0 Å². The quantitative estimate of drug-likeness (QED) is 0.760. The van der Waals surface area contributed by atoms with E-state index in [9.17, 15) is 0 Å². The van der Waals surface area contributed by atoms with Crippen LogP contribution in [0.25, 0.3) is 0 Å². The summed E-state index contributed by atoms with van der Waals surface area (Å²) >= 11 is 0. The second kappa shape index (κ2) is 4.45. The number of hydrogen-bond donors (Lipinski definition) is 0. The van der Waals surface area contributed by atoms with Crippen LogP contribution in [0.15, 0.2) is 30.3 Å².